The van der Waals surface area contributed by atoms with E-state index in [1.54, 1.807) is 0 Å². The van der Waals surface area contributed by atoms with Crippen molar-refractivity contribution in [3.8, 4) is 0 Å². The van der Waals surface area contributed by atoms with E-state index in [4.69, 9.17) is 0 Å². The van der Waals surface area contributed by atoms with Crippen LogP contribution in [0.4, 0.5) is 0 Å². The Morgan fingerprint density at radius 2 is 2.00 bits per heavy atom. The molecule has 84 valence electrons. The molecule has 0 saturated heterocycles. The van der Waals surface area contributed by atoms with E-state index in [1.165, 1.54) is 30.4 Å². The van der Waals surface area contributed by atoms with Crippen LogP contribution in [0.1, 0.15) is 30.9 Å². The molecule has 0 bridgehead atoms. The molecule has 1 heteroatoms. The van der Waals surface area contributed by atoms with Gasteiger partial charge < -0.3 is 5.32 Å². The van der Waals surface area contributed by atoms with Crippen molar-refractivity contribution < 1.29 is 0 Å². The Bertz CT molecular complexity index is 274. The summed E-state index contributed by atoms with van der Waals surface area (Å²) < 4.78 is 0. The first-order valence-electron chi connectivity index (χ1n) is 5.97. The quantitative estimate of drug-likeness (QED) is 0.752. The topological polar surface area (TPSA) is 12.0 Å². The van der Waals surface area contributed by atoms with E-state index in [-0.39, 0.29) is 0 Å². The summed E-state index contributed by atoms with van der Waals surface area (Å²) in [6.07, 6.45) is 3.80. The van der Waals surface area contributed by atoms with Crippen LogP contribution < -0.4 is 5.32 Å². The fourth-order valence-electron chi connectivity index (χ4n) is 2.12. The van der Waals surface area contributed by atoms with Gasteiger partial charge in [-0.25, -0.2) is 0 Å². The standard InChI is InChI=1S/C14H23N/c1-4-7-13(11-15-3)10-14-9-6-5-8-12(14)2/h5-6,8-9,13,15H,4,7,10-11H2,1-3H3. The third-order valence-corrected chi connectivity index (χ3v) is 2.96. The zero-order valence-electron chi connectivity index (χ0n) is 10.2. The SMILES string of the molecule is CCCC(CNC)Cc1ccccc1C. The lowest BCUT2D eigenvalue weighted by Crippen LogP contribution is -2.20. The van der Waals surface area contributed by atoms with Gasteiger partial charge in [-0.3, -0.25) is 0 Å². The van der Waals surface area contributed by atoms with E-state index in [0.29, 0.717) is 0 Å². The van der Waals surface area contributed by atoms with Crippen molar-refractivity contribution in [2.24, 2.45) is 5.92 Å². The molecule has 0 amide bonds. The van der Waals surface area contributed by atoms with E-state index < -0.39 is 0 Å². The second kappa shape index (κ2) is 6.62. The molecule has 0 aliphatic heterocycles. The lowest BCUT2D eigenvalue weighted by molar-refractivity contribution is 0.455. The molecule has 1 aromatic rings. The highest BCUT2D eigenvalue weighted by Gasteiger charge is 2.08. The number of rotatable bonds is 6. The predicted octanol–water partition coefficient (Wildman–Crippen LogP) is 3.17. The van der Waals surface area contributed by atoms with Crippen molar-refractivity contribution in [3.63, 3.8) is 0 Å². The molecule has 0 radical (unpaired) electrons. The first kappa shape index (κ1) is 12.3. The highest BCUT2D eigenvalue weighted by Crippen LogP contribution is 2.16. The zero-order valence-corrected chi connectivity index (χ0v) is 10.2. The Morgan fingerprint density at radius 3 is 2.60 bits per heavy atom. The Hall–Kier alpha value is -0.820. The van der Waals surface area contributed by atoms with Crippen LogP contribution in [0.25, 0.3) is 0 Å². The molecule has 1 atom stereocenters. The predicted molar refractivity (Wildman–Crippen MR) is 67.2 cm³/mol. The van der Waals surface area contributed by atoms with Gasteiger partial charge in [0, 0.05) is 0 Å². The normalized spacial score (nSPS) is 12.7. The first-order valence-corrected chi connectivity index (χ1v) is 5.97. The van der Waals surface area contributed by atoms with Crippen molar-refractivity contribution >= 4 is 0 Å². The third-order valence-electron chi connectivity index (χ3n) is 2.96. The molecule has 0 heterocycles. The summed E-state index contributed by atoms with van der Waals surface area (Å²) >= 11 is 0. The van der Waals surface area contributed by atoms with Crippen LogP contribution in [0, 0.1) is 12.8 Å². The molecule has 0 spiro atoms. The maximum Gasteiger partial charge on any atom is -0.00203 e. The van der Waals surface area contributed by atoms with Crippen LogP contribution >= 0.6 is 0 Å². The Balaban J connectivity index is 2.60. The fourth-order valence-corrected chi connectivity index (χ4v) is 2.12. The Labute approximate surface area is 93.9 Å². The van der Waals surface area contributed by atoms with Crippen molar-refractivity contribution in [2.75, 3.05) is 13.6 Å². The molecular weight excluding hydrogens is 182 g/mol. The van der Waals surface area contributed by atoms with Gasteiger partial charge in [0.05, 0.1) is 0 Å². The lowest BCUT2D eigenvalue weighted by Gasteiger charge is -2.16. The fraction of sp³-hybridized carbons (Fsp3) is 0.571. The van der Waals surface area contributed by atoms with E-state index in [9.17, 15) is 0 Å². The zero-order chi connectivity index (χ0) is 11.1. The van der Waals surface area contributed by atoms with Crippen LogP contribution in [-0.4, -0.2) is 13.6 Å². The summed E-state index contributed by atoms with van der Waals surface area (Å²) in [6, 6.07) is 8.72. The van der Waals surface area contributed by atoms with Gasteiger partial charge in [0.15, 0.2) is 0 Å². The van der Waals surface area contributed by atoms with Gasteiger partial charge in [-0.05, 0) is 50.4 Å². The van der Waals surface area contributed by atoms with E-state index >= 15 is 0 Å². The molecule has 0 aliphatic rings. The number of aryl methyl sites for hydroxylation is 1. The van der Waals surface area contributed by atoms with E-state index in [2.05, 4.69) is 43.4 Å². The molecule has 1 rings (SSSR count). The monoisotopic (exact) mass is 205 g/mol. The largest absolute Gasteiger partial charge is 0.319 e. The van der Waals surface area contributed by atoms with Crippen molar-refractivity contribution in [1.29, 1.82) is 0 Å². The highest BCUT2D eigenvalue weighted by molar-refractivity contribution is 5.25. The van der Waals surface area contributed by atoms with Crippen LogP contribution in [-0.2, 0) is 6.42 Å². The summed E-state index contributed by atoms with van der Waals surface area (Å²) in [7, 11) is 2.04. The average molecular weight is 205 g/mol. The molecule has 1 N–H and O–H groups in total. The number of hydrogen-bond acceptors (Lipinski definition) is 1. The molecule has 0 fully saturated rings. The Morgan fingerprint density at radius 1 is 1.27 bits per heavy atom. The maximum atomic E-state index is 3.29. The number of benzene rings is 1. The molecule has 1 aromatic carbocycles. The van der Waals surface area contributed by atoms with Gasteiger partial charge in [0.2, 0.25) is 0 Å². The average Bonchev–Trinajstić information content (AvgIpc) is 2.22. The third kappa shape index (κ3) is 4.05. The van der Waals surface area contributed by atoms with E-state index in [1.807, 2.05) is 7.05 Å². The van der Waals surface area contributed by atoms with Gasteiger partial charge >= 0.3 is 0 Å². The molecule has 1 unspecified atom stereocenters. The van der Waals surface area contributed by atoms with Crippen LogP contribution in [0.3, 0.4) is 0 Å². The van der Waals surface area contributed by atoms with Crippen LogP contribution in [0.15, 0.2) is 24.3 Å². The summed E-state index contributed by atoms with van der Waals surface area (Å²) in [5, 5.41) is 3.29. The molecule has 15 heavy (non-hydrogen) atoms. The minimum atomic E-state index is 0.779. The van der Waals surface area contributed by atoms with Gasteiger partial charge in [-0.1, -0.05) is 37.6 Å². The molecule has 1 nitrogen and oxygen atoms in total. The molecule has 0 saturated carbocycles. The first-order chi connectivity index (χ1) is 7.27. The van der Waals surface area contributed by atoms with Crippen molar-refractivity contribution in [2.45, 2.75) is 33.1 Å². The minimum Gasteiger partial charge on any atom is -0.319 e. The second-order valence-electron chi connectivity index (χ2n) is 4.34. The van der Waals surface area contributed by atoms with Crippen molar-refractivity contribution in [3.05, 3.63) is 35.4 Å². The van der Waals surface area contributed by atoms with Gasteiger partial charge in [-0.15, -0.1) is 0 Å². The number of nitrogens with one attached hydrogen (secondary N) is 1. The summed E-state index contributed by atoms with van der Waals surface area (Å²) in [4.78, 5) is 0. The maximum absolute atomic E-state index is 3.29. The number of hydrogen-bond donors (Lipinski definition) is 1. The molecule has 0 aliphatic carbocycles. The van der Waals surface area contributed by atoms with Gasteiger partial charge in [0.25, 0.3) is 0 Å². The van der Waals surface area contributed by atoms with Gasteiger partial charge in [0.1, 0.15) is 0 Å². The Kier molecular flexibility index (Phi) is 5.41. The van der Waals surface area contributed by atoms with Crippen LogP contribution in [0.5, 0.6) is 0 Å². The van der Waals surface area contributed by atoms with Gasteiger partial charge in [-0.2, -0.15) is 0 Å². The molecule has 0 aromatic heterocycles. The summed E-state index contributed by atoms with van der Waals surface area (Å²) in [5.41, 5.74) is 2.93. The van der Waals surface area contributed by atoms with Crippen LogP contribution in [0.2, 0.25) is 0 Å². The summed E-state index contributed by atoms with van der Waals surface area (Å²) in [5.74, 6) is 0.779. The summed E-state index contributed by atoms with van der Waals surface area (Å²) in [6.45, 7) is 5.60. The second-order valence-corrected chi connectivity index (χ2v) is 4.34. The van der Waals surface area contributed by atoms with E-state index in [0.717, 1.165) is 12.5 Å². The van der Waals surface area contributed by atoms with Crippen molar-refractivity contribution in [1.82, 2.24) is 5.32 Å². The molecular formula is C14H23N. The minimum absolute atomic E-state index is 0.779. The smallest absolute Gasteiger partial charge is 0.00203 e. The lowest BCUT2D eigenvalue weighted by atomic mass is 9.93. The highest BCUT2D eigenvalue weighted by atomic mass is 14.8.